The van der Waals surface area contributed by atoms with Gasteiger partial charge in [0.2, 0.25) is 0 Å². The molecule has 0 aliphatic heterocycles. The van der Waals surface area contributed by atoms with Gasteiger partial charge in [-0.25, -0.2) is 0 Å². The van der Waals surface area contributed by atoms with Crippen molar-refractivity contribution < 1.29 is 9.47 Å². The highest BCUT2D eigenvalue weighted by atomic mass is 16.5. The second-order valence-electron chi connectivity index (χ2n) is 5.05. The minimum atomic E-state index is 0.237. The largest absolute Gasteiger partial charge is 0.496 e. The first-order valence-electron chi connectivity index (χ1n) is 7.01. The molecule has 0 aliphatic carbocycles. The molecule has 21 heavy (non-hydrogen) atoms. The van der Waals surface area contributed by atoms with Gasteiger partial charge in [-0.1, -0.05) is 6.07 Å². The van der Waals surface area contributed by atoms with E-state index in [1.807, 2.05) is 30.1 Å². The number of hydrogen-bond acceptors (Lipinski definition) is 4. The van der Waals surface area contributed by atoms with Gasteiger partial charge in [0, 0.05) is 38.5 Å². The number of methoxy groups -OCH3 is 2. The second kappa shape index (κ2) is 7.24. The molecule has 2 aromatic rings. The number of ether oxygens (including phenoxy) is 2. The summed E-state index contributed by atoms with van der Waals surface area (Å²) in [7, 11) is 5.32. The van der Waals surface area contributed by atoms with Crippen LogP contribution in [0.1, 0.15) is 29.8 Å². The molecule has 0 bridgehead atoms. The predicted octanol–water partition coefficient (Wildman–Crippen LogP) is 2.43. The Bertz CT molecular complexity index is 581. The first kappa shape index (κ1) is 15.5. The van der Waals surface area contributed by atoms with Crippen LogP contribution >= 0.6 is 0 Å². The molecule has 0 spiro atoms. The Balaban J connectivity index is 2.06. The van der Waals surface area contributed by atoms with Gasteiger partial charge in [-0.05, 0) is 30.7 Å². The molecular weight excluding hydrogens is 266 g/mol. The Hall–Kier alpha value is -1.85. The Labute approximate surface area is 125 Å². The smallest absolute Gasteiger partial charge is 0.124 e. The van der Waals surface area contributed by atoms with Crippen molar-refractivity contribution in [2.75, 3.05) is 14.2 Å². The van der Waals surface area contributed by atoms with Gasteiger partial charge in [0.15, 0.2) is 0 Å². The van der Waals surface area contributed by atoms with Crippen LogP contribution in [0.25, 0.3) is 0 Å². The summed E-state index contributed by atoms with van der Waals surface area (Å²) in [6.45, 7) is 3.48. The van der Waals surface area contributed by atoms with Gasteiger partial charge in [0.25, 0.3) is 0 Å². The van der Waals surface area contributed by atoms with Gasteiger partial charge < -0.3 is 14.8 Å². The van der Waals surface area contributed by atoms with Crippen LogP contribution < -0.4 is 10.1 Å². The lowest BCUT2D eigenvalue weighted by Crippen LogP contribution is -2.20. The monoisotopic (exact) mass is 289 g/mol. The number of aryl methyl sites for hydroxylation is 1. The fourth-order valence-corrected chi connectivity index (χ4v) is 2.29. The second-order valence-corrected chi connectivity index (χ2v) is 5.05. The van der Waals surface area contributed by atoms with Crippen LogP contribution in [0.5, 0.6) is 5.75 Å². The fraction of sp³-hybridized carbons (Fsp3) is 0.438. The predicted molar refractivity (Wildman–Crippen MR) is 82.2 cm³/mol. The zero-order valence-corrected chi connectivity index (χ0v) is 13.1. The number of aromatic nitrogens is 2. The summed E-state index contributed by atoms with van der Waals surface area (Å²) < 4.78 is 12.5. The first-order valence-corrected chi connectivity index (χ1v) is 7.01. The Morgan fingerprint density at radius 2 is 2.10 bits per heavy atom. The number of nitrogens with zero attached hydrogens (tertiary/aromatic N) is 2. The van der Waals surface area contributed by atoms with Crippen LogP contribution in [0, 0.1) is 0 Å². The highest BCUT2D eigenvalue weighted by molar-refractivity contribution is 5.38. The van der Waals surface area contributed by atoms with E-state index in [1.165, 1.54) is 5.56 Å². The molecule has 2 rings (SSSR count). The highest BCUT2D eigenvalue weighted by Gasteiger charge is 2.10. The van der Waals surface area contributed by atoms with Crippen LogP contribution in [-0.4, -0.2) is 24.0 Å². The van der Waals surface area contributed by atoms with Crippen molar-refractivity contribution in [1.29, 1.82) is 0 Å². The van der Waals surface area contributed by atoms with Crippen molar-refractivity contribution >= 4 is 0 Å². The van der Waals surface area contributed by atoms with E-state index in [0.717, 1.165) is 23.6 Å². The number of hydrogen-bond donors (Lipinski definition) is 1. The van der Waals surface area contributed by atoms with Crippen molar-refractivity contribution in [2.24, 2.45) is 7.05 Å². The number of nitrogens with one attached hydrogen (secondary N) is 1. The first-order chi connectivity index (χ1) is 10.2. The number of benzene rings is 1. The van der Waals surface area contributed by atoms with Gasteiger partial charge in [-0.3, -0.25) is 4.68 Å². The van der Waals surface area contributed by atoms with E-state index in [-0.39, 0.29) is 6.04 Å². The molecule has 5 heteroatoms. The average Bonchev–Trinajstić information content (AvgIpc) is 2.90. The third kappa shape index (κ3) is 3.83. The standard InChI is InChI=1S/C16H23N3O2/c1-12(17-10-15-7-8-18-19(15)2)13-5-6-16(21-4)14(9-13)11-20-3/h5-9,12,17H,10-11H2,1-4H3. The number of rotatable bonds is 7. The van der Waals surface area contributed by atoms with E-state index in [2.05, 4.69) is 29.5 Å². The minimum absolute atomic E-state index is 0.237. The Morgan fingerprint density at radius 1 is 1.29 bits per heavy atom. The van der Waals surface area contributed by atoms with E-state index in [4.69, 9.17) is 9.47 Å². The van der Waals surface area contributed by atoms with Crippen LogP contribution in [0.3, 0.4) is 0 Å². The van der Waals surface area contributed by atoms with E-state index in [1.54, 1.807) is 14.2 Å². The molecule has 1 atom stereocenters. The van der Waals surface area contributed by atoms with Crippen molar-refractivity contribution in [3.8, 4) is 5.75 Å². The minimum Gasteiger partial charge on any atom is -0.496 e. The van der Waals surface area contributed by atoms with Crippen LogP contribution in [-0.2, 0) is 24.9 Å². The maximum absolute atomic E-state index is 5.36. The van der Waals surface area contributed by atoms with Crippen molar-refractivity contribution in [2.45, 2.75) is 26.1 Å². The van der Waals surface area contributed by atoms with Crippen LogP contribution in [0.15, 0.2) is 30.5 Å². The lowest BCUT2D eigenvalue weighted by molar-refractivity contribution is 0.181. The van der Waals surface area contributed by atoms with E-state index in [0.29, 0.717) is 6.61 Å². The molecule has 1 N–H and O–H groups in total. The molecule has 0 aliphatic rings. The molecule has 0 saturated carbocycles. The van der Waals surface area contributed by atoms with Gasteiger partial charge in [0.05, 0.1) is 19.4 Å². The molecule has 5 nitrogen and oxygen atoms in total. The maximum Gasteiger partial charge on any atom is 0.124 e. The lowest BCUT2D eigenvalue weighted by Gasteiger charge is -2.17. The van der Waals surface area contributed by atoms with Gasteiger partial charge >= 0.3 is 0 Å². The zero-order chi connectivity index (χ0) is 15.2. The lowest BCUT2D eigenvalue weighted by atomic mass is 10.0. The summed E-state index contributed by atoms with van der Waals surface area (Å²) in [6, 6.07) is 8.46. The van der Waals surface area contributed by atoms with Gasteiger partial charge in [-0.15, -0.1) is 0 Å². The molecule has 1 aromatic heterocycles. The fourth-order valence-electron chi connectivity index (χ4n) is 2.29. The summed E-state index contributed by atoms with van der Waals surface area (Å²) in [6.07, 6.45) is 1.81. The van der Waals surface area contributed by atoms with Crippen molar-refractivity contribution in [3.63, 3.8) is 0 Å². The Kier molecular flexibility index (Phi) is 5.36. The summed E-state index contributed by atoms with van der Waals surface area (Å²) in [5.74, 6) is 0.861. The topological polar surface area (TPSA) is 48.3 Å². The molecule has 1 unspecified atom stereocenters. The van der Waals surface area contributed by atoms with Gasteiger partial charge in [-0.2, -0.15) is 5.10 Å². The third-order valence-electron chi connectivity index (χ3n) is 3.62. The Morgan fingerprint density at radius 3 is 2.71 bits per heavy atom. The maximum atomic E-state index is 5.36. The molecular formula is C16H23N3O2. The van der Waals surface area contributed by atoms with Crippen molar-refractivity contribution in [1.82, 2.24) is 15.1 Å². The van der Waals surface area contributed by atoms with E-state index >= 15 is 0 Å². The summed E-state index contributed by atoms with van der Waals surface area (Å²) in [5, 5.41) is 7.68. The summed E-state index contributed by atoms with van der Waals surface area (Å²) >= 11 is 0. The van der Waals surface area contributed by atoms with Crippen LogP contribution in [0.4, 0.5) is 0 Å². The molecule has 0 amide bonds. The summed E-state index contributed by atoms with van der Waals surface area (Å²) in [4.78, 5) is 0. The van der Waals surface area contributed by atoms with Crippen LogP contribution in [0.2, 0.25) is 0 Å². The molecule has 114 valence electrons. The quantitative estimate of drug-likeness (QED) is 0.850. The molecule has 0 saturated heterocycles. The summed E-state index contributed by atoms with van der Waals surface area (Å²) in [5.41, 5.74) is 3.43. The molecule has 0 radical (unpaired) electrons. The van der Waals surface area contributed by atoms with E-state index < -0.39 is 0 Å². The normalized spacial score (nSPS) is 12.4. The van der Waals surface area contributed by atoms with E-state index in [9.17, 15) is 0 Å². The third-order valence-corrected chi connectivity index (χ3v) is 3.62. The highest BCUT2D eigenvalue weighted by Crippen LogP contribution is 2.24. The van der Waals surface area contributed by atoms with Gasteiger partial charge in [0.1, 0.15) is 5.75 Å². The van der Waals surface area contributed by atoms with Crippen molar-refractivity contribution in [3.05, 3.63) is 47.3 Å². The molecule has 1 heterocycles. The zero-order valence-electron chi connectivity index (χ0n) is 13.1. The average molecular weight is 289 g/mol. The molecule has 1 aromatic carbocycles. The SMILES string of the molecule is COCc1cc(C(C)NCc2ccnn2C)ccc1OC. The molecule has 0 fully saturated rings.